The van der Waals surface area contributed by atoms with E-state index in [1.807, 2.05) is 0 Å². The number of nitrogens with two attached hydrogens (primary N) is 1. The van der Waals surface area contributed by atoms with E-state index in [0.717, 1.165) is 5.84 Å². The van der Waals surface area contributed by atoms with Gasteiger partial charge in [-0.25, -0.2) is 0 Å². The van der Waals surface area contributed by atoms with E-state index in [1.54, 1.807) is 0 Å². The molecule has 3 nitrogen and oxygen atoms in total. The number of hydrazone groups is 1. The van der Waals surface area contributed by atoms with Gasteiger partial charge in [-0.3, -0.25) is 5.43 Å². The van der Waals surface area contributed by atoms with E-state index in [0.29, 0.717) is 6.54 Å². The van der Waals surface area contributed by atoms with Crippen LogP contribution in [0.25, 0.3) is 0 Å². The van der Waals surface area contributed by atoms with Crippen molar-refractivity contribution in [3.63, 3.8) is 0 Å². The van der Waals surface area contributed by atoms with Crippen LogP contribution in [0.15, 0.2) is 5.10 Å². The van der Waals surface area contributed by atoms with Gasteiger partial charge in [0.1, 0.15) is 0 Å². The summed E-state index contributed by atoms with van der Waals surface area (Å²) in [5.41, 5.74) is 7.64. The second-order valence-electron chi connectivity index (χ2n) is 0.874. The third-order valence-corrected chi connectivity index (χ3v) is 0.463. The summed E-state index contributed by atoms with van der Waals surface area (Å²) < 4.78 is 0. The molecule has 0 aromatic heterocycles. The zero-order valence-electron chi connectivity index (χ0n) is 2.73. The van der Waals surface area contributed by atoms with Crippen LogP contribution in [-0.4, -0.2) is 12.4 Å². The van der Waals surface area contributed by atoms with Crippen LogP contribution in [-0.2, 0) is 0 Å². The fraction of sp³-hybridized carbons (Fsp3) is 0.500. The van der Waals surface area contributed by atoms with Crippen LogP contribution < -0.4 is 11.2 Å². The molecule has 0 atom stereocenters. The predicted molar refractivity (Wildman–Crippen MR) is 19.6 cm³/mol. The van der Waals surface area contributed by atoms with E-state index in [1.165, 1.54) is 0 Å². The number of rotatable bonds is 1. The van der Waals surface area contributed by atoms with Crippen molar-refractivity contribution in [3.05, 3.63) is 0 Å². The zero-order chi connectivity index (χ0) is 3.70. The first-order valence-corrected chi connectivity index (χ1v) is 1.46. The molecule has 1 aliphatic heterocycles. The Morgan fingerprint density at radius 3 is 2.60 bits per heavy atom. The molecule has 0 spiro atoms. The third-order valence-electron chi connectivity index (χ3n) is 0.463. The van der Waals surface area contributed by atoms with Crippen LogP contribution in [0.3, 0.4) is 0 Å². The standard InChI is InChI=1S/C2H5N3/c3-1-2-4-5-2/h1,3H2,(H,4,5). The maximum Gasteiger partial charge on any atom is 0.156 e. The van der Waals surface area contributed by atoms with Crippen molar-refractivity contribution in [3.8, 4) is 0 Å². The Balaban J connectivity index is 2.22. The highest BCUT2D eigenvalue weighted by Gasteiger charge is 2.01. The van der Waals surface area contributed by atoms with E-state index >= 15 is 0 Å². The van der Waals surface area contributed by atoms with E-state index in [2.05, 4.69) is 10.5 Å². The molecule has 0 aromatic rings. The normalized spacial score (nSPS) is 16.6. The first-order valence-electron chi connectivity index (χ1n) is 1.46. The molecule has 0 amide bonds. The summed E-state index contributed by atoms with van der Waals surface area (Å²) in [7, 11) is 0. The van der Waals surface area contributed by atoms with Crippen molar-refractivity contribution in [2.45, 2.75) is 0 Å². The first-order chi connectivity index (χ1) is 2.43. The van der Waals surface area contributed by atoms with Gasteiger partial charge in [0.15, 0.2) is 5.84 Å². The smallest absolute Gasteiger partial charge is 0.156 e. The highest BCUT2D eigenvalue weighted by Crippen LogP contribution is 1.78. The van der Waals surface area contributed by atoms with Gasteiger partial charge >= 0.3 is 0 Å². The molecule has 5 heavy (non-hydrogen) atoms. The largest absolute Gasteiger partial charge is 0.324 e. The summed E-state index contributed by atoms with van der Waals surface area (Å²) in [5, 5.41) is 3.56. The van der Waals surface area contributed by atoms with Gasteiger partial charge < -0.3 is 5.73 Å². The number of nitrogens with zero attached hydrogens (tertiary/aromatic N) is 1. The Labute approximate surface area is 29.9 Å². The minimum atomic E-state index is 0.556. The van der Waals surface area contributed by atoms with Gasteiger partial charge in [-0.2, -0.15) is 5.10 Å². The summed E-state index contributed by atoms with van der Waals surface area (Å²) in [6.07, 6.45) is 0. The lowest BCUT2D eigenvalue weighted by molar-refractivity contribution is 1.23. The monoisotopic (exact) mass is 71.0 g/mol. The Hall–Kier alpha value is -0.570. The fourth-order valence-electron chi connectivity index (χ4n) is 0.131. The SMILES string of the molecule is NCC1=NN1. The minimum Gasteiger partial charge on any atom is -0.324 e. The molecule has 3 heteroatoms. The van der Waals surface area contributed by atoms with Crippen molar-refractivity contribution in [2.24, 2.45) is 10.8 Å². The lowest BCUT2D eigenvalue weighted by Gasteiger charge is -1.64. The summed E-state index contributed by atoms with van der Waals surface area (Å²) in [5.74, 6) is 0.907. The molecule has 0 unspecified atom stereocenters. The van der Waals surface area contributed by atoms with Crippen molar-refractivity contribution in [1.82, 2.24) is 5.43 Å². The summed E-state index contributed by atoms with van der Waals surface area (Å²) in [6, 6.07) is 0. The van der Waals surface area contributed by atoms with E-state index in [9.17, 15) is 0 Å². The van der Waals surface area contributed by atoms with Gasteiger partial charge in [0, 0.05) is 0 Å². The maximum absolute atomic E-state index is 5.04. The Bertz CT molecular complexity index is 65.3. The van der Waals surface area contributed by atoms with Crippen LogP contribution in [0, 0.1) is 0 Å². The van der Waals surface area contributed by atoms with E-state index in [-0.39, 0.29) is 0 Å². The summed E-state index contributed by atoms with van der Waals surface area (Å²) in [6.45, 7) is 0.556. The molecule has 0 aliphatic carbocycles. The predicted octanol–water partition coefficient (Wildman–Crippen LogP) is -1.14. The van der Waals surface area contributed by atoms with E-state index < -0.39 is 0 Å². The van der Waals surface area contributed by atoms with Crippen molar-refractivity contribution < 1.29 is 0 Å². The molecule has 3 N–H and O–H groups in total. The minimum absolute atomic E-state index is 0.556. The number of hydrogen-bond donors (Lipinski definition) is 2. The average Bonchev–Trinajstić information content (AvgIpc) is 2.12. The molecule has 1 rings (SSSR count). The van der Waals surface area contributed by atoms with Crippen LogP contribution in [0.4, 0.5) is 0 Å². The number of amidine groups is 1. The van der Waals surface area contributed by atoms with Gasteiger partial charge in [0.2, 0.25) is 0 Å². The number of hydrogen-bond acceptors (Lipinski definition) is 3. The van der Waals surface area contributed by atoms with Gasteiger partial charge in [0.05, 0.1) is 6.54 Å². The highest BCUT2D eigenvalue weighted by atomic mass is 15.5. The molecule has 0 bridgehead atoms. The first kappa shape index (κ1) is 2.66. The Morgan fingerprint density at radius 1 is 2.00 bits per heavy atom. The lowest BCUT2D eigenvalue weighted by Crippen LogP contribution is -2.08. The quantitative estimate of drug-likeness (QED) is 0.410. The fourth-order valence-corrected chi connectivity index (χ4v) is 0.131. The molecular formula is C2H5N3. The van der Waals surface area contributed by atoms with Crippen molar-refractivity contribution in [1.29, 1.82) is 0 Å². The molecular weight excluding hydrogens is 66.0 g/mol. The number of nitrogens with one attached hydrogen (secondary N) is 1. The molecule has 0 saturated heterocycles. The molecule has 0 radical (unpaired) electrons. The Kier molecular flexibility index (Phi) is 0.365. The second-order valence-corrected chi connectivity index (χ2v) is 0.874. The molecule has 0 saturated carbocycles. The third kappa shape index (κ3) is 0.357. The van der Waals surface area contributed by atoms with Crippen LogP contribution in [0.1, 0.15) is 0 Å². The van der Waals surface area contributed by atoms with Gasteiger partial charge in [-0.15, -0.1) is 0 Å². The maximum atomic E-state index is 5.04. The van der Waals surface area contributed by atoms with Crippen LogP contribution in [0.2, 0.25) is 0 Å². The second kappa shape index (κ2) is 0.687. The summed E-state index contributed by atoms with van der Waals surface area (Å²) in [4.78, 5) is 0. The van der Waals surface area contributed by atoms with Crippen LogP contribution in [0.5, 0.6) is 0 Å². The molecule has 1 heterocycles. The highest BCUT2D eigenvalue weighted by molar-refractivity contribution is 5.92. The Morgan fingerprint density at radius 2 is 2.60 bits per heavy atom. The molecule has 0 aromatic carbocycles. The van der Waals surface area contributed by atoms with Crippen molar-refractivity contribution >= 4 is 5.84 Å². The average molecular weight is 71.1 g/mol. The van der Waals surface area contributed by atoms with Crippen LogP contribution >= 0.6 is 0 Å². The molecule has 1 aliphatic rings. The van der Waals surface area contributed by atoms with Gasteiger partial charge in [0.25, 0.3) is 0 Å². The van der Waals surface area contributed by atoms with Crippen molar-refractivity contribution in [2.75, 3.05) is 6.54 Å². The summed E-state index contributed by atoms with van der Waals surface area (Å²) >= 11 is 0. The molecule has 0 fully saturated rings. The van der Waals surface area contributed by atoms with Gasteiger partial charge in [-0.1, -0.05) is 0 Å². The lowest BCUT2D eigenvalue weighted by atomic mass is 10.7. The zero-order valence-corrected chi connectivity index (χ0v) is 2.73. The molecule has 28 valence electrons. The van der Waals surface area contributed by atoms with E-state index in [4.69, 9.17) is 5.73 Å². The topological polar surface area (TPSA) is 60.3 Å². The van der Waals surface area contributed by atoms with Gasteiger partial charge in [-0.05, 0) is 0 Å².